The van der Waals surface area contributed by atoms with Gasteiger partial charge in [-0.1, -0.05) is 6.07 Å². The van der Waals surface area contributed by atoms with Crippen LogP contribution in [0.25, 0.3) is 0 Å². The van der Waals surface area contributed by atoms with E-state index in [0.29, 0.717) is 37.1 Å². The third-order valence-corrected chi connectivity index (χ3v) is 7.03. The highest BCUT2D eigenvalue weighted by atomic mass is 32.2. The maximum absolute atomic E-state index is 12.9. The predicted molar refractivity (Wildman–Crippen MR) is 90.4 cm³/mol. The number of nitrogens with one attached hydrogen (secondary N) is 1. The van der Waals surface area contributed by atoms with Gasteiger partial charge in [-0.3, -0.25) is 0 Å². The third-order valence-electron chi connectivity index (χ3n) is 5.14. The number of urea groups is 1. The van der Waals surface area contributed by atoms with E-state index in [2.05, 4.69) is 5.32 Å². The van der Waals surface area contributed by atoms with Crippen molar-refractivity contribution in [1.29, 1.82) is 0 Å². The van der Waals surface area contributed by atoms with Crippen LogP contribution in [0.15, 0.2) is 23.1 Å². The van der Waals surface area contributed by atoms with E-state index in [4.69, 9.17) is 0 Å². The van der Waals surface area contributed by atoms with Crippen LogP contribution in [0.3, 0.4) is 0 Å². The Hall–Kier alpha value is -1.60. The second kappa shape index (κ2) is 6.04. The summed E-state index contributed by atoms with van der Waals surface area (Å²) in [4.78, 5) is 14.2. The number of carbonyl (C=O) groups excluding carboxylic acids is 1. The normalized spacial score (nSPS) is 21.6. The fraction of sp³-hybridized carbons (Fsp3) is 0.588. The Labute approximate surface area is 142 Å². The molecule has 1 aromatic carbocycles. The second-order valence-electron chi connectivity index (χ2n) is 6.90. The van der Waals surface area contributed by atoms with Crippen molar-refractivity contribution in [3.8, 4) is 0 Å². The molecule has 1 saturated heterocycles. The Morgan fingerprint density at radius 3 is 2.46 bits per heavy atom. The third kappa shape index (κ3) is 3.02. The number of amides is 2. The molecule has 0 radical (unpaired) electrons. The van der Waals surface area contributed by atoms with Gasteiger partial charge in [0.2, 0.25) is 10.0 Å². The Kier molecular flexibility index (Phi) is 4.00. The minimum absolute atomic E-state index is 0.0629. The topological polar surface area (TPSA) is 69.7 Å². The SMILES string of the molecule is O=C(NC1CC1)N1CCN(S(=O)(=O)c2ccc3c(c2)CCC3)CC1. The molecule has 1 N–H and O–H groups in total. The first-order valence-electron chi connectivity index (χ1n) is 8.71. The molecule has 6 nitrogen and oxygen atoms in total. The molecular formula is C17H23N3O3S. The number of sulfonamides is 1. The van der Waals surface area contributed by atoms with E-state index < -0.39 is 10.0 Å². The van der Waals surface area contributed by atoms with Crippen LogP contribution in [0, 0.1) is 0 Å². The quantitative estimate of drug-likeness (QED) is 0.896. The van der Waals surface area contributed by atoms with Gasteiger partial charge in [0.25, 0.3) is 0 Å². The van der Waals surface area contributed by atoms with Crippen molar-refractivity contribution in [3.63, 3.8) is 0 Å². The second-order valence-corrected chi connectivity index (χ2v) is 8.84. The first kappa shape index (κ1) is 15.9. The van der Waals surface area contributed by atoms with Crippen LogP contribution in [-0.2, 0) is 22.9 Å². The van der Waals surface area contributed by atoms with Gasteiger partial charge in [0.05, 0.1) is 4.90 Å². The summed E-state index contributed by atoms with van der Waals surface area (Å²) >= 11 is 0. The number of benzene rings is 1. The molecule has 24 heavy (non-hydrogen) atoms. The van der Waals surface area contributed by atoms with E-state index in [0.717, 1.165) is 32.1 Å². The van der Waals surface area contributed by atoms with Crippen molar-refractivity contribution >= 4 is 16.1 Å². The summed E-state index contributed by atoms with van der Waals surface area (Å²) < 4.78 is 27.2. The maximum Gasteiger partial charge on any atom is 0.317 e. The van der Waals surface area contributed by atoms with Crippen molar-refractivity contribution in [3.05, 3.63) is 29.3 Å². The lowest BCUT2D eigenvalue weighted by molar-refractivity contribution is 0.172. The Bertz CT molecular complexity index is 750. The first-order chi connectivity index (χ1) is 11.5. The summed E-state index contributed by atoms with van der Waals surface area (Å²) in [6.07, 6.45) is 5.22. The summed E-state index contributed by atoms with van der Waals surface area (Å²) in [5, 5.41) is 2.96. The summed E-state index contributed by atoms with van der Waals surface area (Å²) in [6.45, 7) is 1.61. The number of nitrogens with zero attached hydrogens (tertiary/aromatic N) is 2. The van der Waals surface area contributed by atoms with E-state index in [9.17, 15) is 13.2 Å². The zero-order valence-electron chi connectivity index (χ0n) is 13.7. The average molecular weight is 349 g/mol. The van der Waals surface area contributed by atoms with Crippen LogP contribution >= 0.6 is 0 Å². The molecule has 2 amide bonds. The van der Waals surface area contributed by atoms with Crippen molar-refractivity contribution in [2.75, 3.05) is 26.2 Å². The van der Waals surface area contributed by atoms with Gasteiger partial charge in [0.1, 0.15) is 0 Å². The molecule has 0 aromatic heterocycles. The first-order valence-corrected chi connectivity index (χ1v) is 10.2. The Morgan fingerprint density at radius 1 is 1.04 bits per heavy atom. The standard InChI is InChI=1S/C17H23N3O3S/c21-17(18-15-5-6-15)19-8-10-20(11-9-19)24(22,23)16-7-4-13-2-1-3-14(13)12-16/h4,7,12,15H,1-3,5-6,8-11H2,(H,18,21). The van der Waals surface area contributed by atoms with Crippen molar-refractivity contribution in [2.24, 2.45) is 0 Å². The number of rotatable bonds is 3. The molecule has 0 spiro atoms. The average Bonchev–Trinajstić information content (AvgIpc) is 3.27. The van der Waals surface area contributed by atoms with E-state index in [1.54, 1.807) is 11.0 Å². The number of aryl methyl sites for hydroxylation is 2. The van der Waals surface area contributed by atoms with Crippen LogP contribution in [0.2, 0.25) is 0 Å². The summed E-state index contributed by atoms with van der Waals surface area (Å²) in [5.74, 6) is 0. The van der Waals surface area contributed by atoms with Gasteiger partial charge in [-0.2, -0.15) is 4.31 Å². The number of carbonyl (C=O) groups is 1. The van der Waals surface area contributed by atoms with Gasteiger partial charge in [-0.25, -0.2) is 13.2 Å². The highest BCUT2D eigenvalue weighted by Crippen LogP contribution is 2.27. The van der Waals surface area contributed by atoms with Gasteiger partial charge in [-0.15, -0.1) is 0 Å². The molecule has 1 saturated carbocycles. The molecule has 4 rings (SSSR count). The number of hydrogen-bond donors (Lipinski definition) is 1. The molecule has 7 heteroatoms. The van der Waals surface area contributed by atoms with Crippen LogP contribution < -0.4 is 5.32 Å². The van der Waals surface area contributed by atoms with Gasteiger partial charge in [0.15, 0.2) is 0 Å². The van der Waals surface area contributed by atoms with Crippen LogP contribution in [0.1, 0.15) is 30.4 Å². The van der Waals surface area contributed by atoms with Crippen LogP contribution in [0.5, 0.6) is 0 Å². The van der Waals surface area contributed by atoms with Gasteiger partial charge in [-0.05, 0) is 55.4 Å². The maximum atomic E-state index is 12.9. The highest BCUT2D eigenvalue weighted by molar-refractivity contribution is 7.89. The molecule has 1 aromatic rings. The lowest BCUT2D eigenvalue weighted by atomic mass is 10.1. The molecule has 3 aliphatic rings. The molecule has 0 unspecified atom stereocenters. The number of hydrogen-bond acceptors (Lipinski definition) is 3. The molecule has 0 bridgehead atoms. The molecule has 0 atom stereocenters. The largest absolute Gasteiger partial charge is 0.335 e. The van der Waals surface area contributed by atoms with Gasteiger partial charge >= 0.3 is 6.03 Å². The molecule has 1 aliphatic heterocycles. The summed E-state index contributed by atoms with van der Waals surface area (Å²) in [5.41, 5.74) is 2.44. The number of piperazine rings is 1. The molecule has 2 fully saturated rings. The predicted octanol–water partition coefficient (Wildman–Crippen LogP) is 1.35. The van der Waals surface area contributed by atoms with Gasteiger partial charge < -0.3 is 10.2 Å². The van der Waals surface area contributed by atoms with Crippen LogP contribution in [0.4, 0.5) is 4.79 Å². The fourth-order valence-electron chi connectivity index (χ4n) is 3.48. The molecule has 2 aliphatic carbocycles. The van der Waals surface area contributed by atoms with E-state index in [1.807, 2.05) is 12.1 Å². The zero-order chi connectivity index (χ0) is 16.7. The lowest BCUT2D eigenvalue weighted by Gasteiger charge is -2.34. The number of fused-ring (bicyclic) bond motifs is 1. The van der Waals surface area contributed by atoms with Crippen LogP contribution in [-0.4, -0.2) is 55.9 Å². The molecular weight excluding hydrogens is 326 g/mol. The summed E-state index contributed by atoms with van der Waals surface area (Å²) in [7, 11) is -3.47. The Balaban J connectivity index is 1.43. The Morgan fingerprint density at radius 2 is 1.75 bits per heavy atom. The summed E-state index contributed by atoms with van der Waals surface area (Å²) in [6, 6.07) is 5.78. The zero-order valence-corrected chi connectivity index (χ0v) is 14.5. The lowest BCUT2D eigenvalue weighted by Crippen LogP contribution is -2.53. The minimum atomic E-state index is -3.47. The molecule has 1 heterocycles. The smallest absolute Gasteiger partial charge is 0.317 e. The van der Waals surface area contributed by atoms with Crippen molar-refractivity contribution in [2.45, 2.75) is 43.0 Å². The van der Waals surface area contributed by atoms with E-state index in [-0.39, 0.29) is 6.03 Å². The minimum Gasteiger partial charge on any atom is -0.335 e. The monoisotopic (exact) mass is 349 g/mol. The van der Waals surface area contributed by atoms with Gasteiger partial charge in [0, 0.05) is 32.2 Å². The fourth-order valence-corrected chi connectivity index (χ4v) is 4.96. The molecule has 130 valence electrons. The highest BCUT2D eigenvalue weighted by Gasteiger charge is 2.32. The van der Waals surface area contributed by atoms with E-state index >= 15 is 0 Å². The van der Waals surface area contributed by atoms with Crippen molar-refractivity contribution < 1.29 is 13.2 Å². The van der Waals surface area contributed by atoms with Crippen molar-refractivity contribution in [1.82, 2.24) is 14.5 Å². The van der Waals surface area contributed by atoms with E-state index in [1.165, 1.54) is 15.4 Å².